The van der Waals surface area contributed by atoms with E-state index in [4.69, 9.17) is 0 Å². The third-order valence-corrected chi connectivity index (χ3v) is 2.68. The number of aryl methyl sites for hydroxylation is 1. The molecular weight excluding hydrogens is 195 g/mol. The van der Waals surface area contributed by atoms with Gasteiger partial charge in [-0.1, -0.05) is 6.92 Å². The Morgan fingerprint density at radius 3 is 2.62 bits per heavy atom. The van der Waals surface area contributed by atoms with E-state index >= 15 is 0 Å². The van der Waals surface area contributed by atoms with Gasteiger partial charge in [0.1, 0.15) is 4.90 Å². The Morgan fingerprint density at radius 1 is 1.62 bits per heavy atom. The van der Waals surface area contributed by atoms with Gasteiger partial charge in [-0.3, -0.25) is 4.68 Å². The molecule has 0 atom stereocenters. The molecule has 0 aliphatic heterocycles. The van der Waals surface area contributed by atoms with Gasteiger partial charge in [0, 0.05) is 6.54 Å². The molecular formula is C7H11FN2O2S. The lowest BCUT2D eigenvalue weighted by Crippen LogP contribution is -2.02. The van der Waals surface area contributed by atoms with E-state index in [1.54, 1.807) is 0 Å². The Bertz CT molecular complexity index is 397. The molecule has 0 saturated carbocycles. The predicted octanol–water partition coefficient (Wildman–Crippen LogP) is 1.26. The van der Waals surface area contributed by atoms with Gasteiger partial charge in [0.05, 0.1) is 11.9 Å². The Hall–Kier alpha value is -0.910. The summed E-state index contributed by atoms with van der Waals surface area (Å²) in [5, 5.41) is 3.77. The van der Waals surface area contributed by atoms with Crippen LogP contribution in [0.15, 0.2) is 11.1 Å². The molecule has 0 amide bonds. The zero-order chi connectivity index (χ0) is 10.1. The van der Waals surface area contributed by atoms with E-state index in [-0.39, 0.29) is 4.90 Å². The summed E-state index contributed by atoms with van der Waals surface area (Å²) in [5.74, 6) is 0. The first-order chi connectivity index (χ1) is 5.96. The second kappa shape index (κ2) is 3.45. The fourth-order valence-corrected chi connectivity index (χ4v) is 1.74. The van der Waals surface area contributed by atoms with Crippen molar-refractivity contribution < 1.29 is 12.3 Å². The highest BCUT2D eigenvalue weighted by Crippen LogP contribution is 2.16. The van der Waals surface area contributed by atoms with Crippen LogP contribution in [-0.2, 0) is 16.8 Å². The van der Waals surface area contributed by atoms with Crippen LogP contribution < -0.4 is 0 Å². The average Bonchev–Trinajstić information content (AvgIpc) is 2.32. The maximum Gasteiger partial charge on any atom is 0.335 e. The second-order valence-corrected chi connectivity index (χ2v) is 4.07. The smallest absolute Gasteiger partial charge is 0.268 e. The van der Waals surface area contributed by atoms with Gasteiger partial charge in [-0.25, -0.2) is 0 Å². The first-order valence-electron chi connectivity index (χ1n) is 3.94. The van der Waals surface area contributed by atoms with E-state index in [0.717, 1.165) is 12.6 Å². The lowest BCUT2D eigenvalue weighted by Gasteiger charge is -2.00. The molecule has 74 valence electrons. The van der Waals surface area contributed by atoms with E-state index in [1.165, 1.54) is 11.6 Å². The Balaban J connectivity index is 3.14. The zero-order valence-corrected chi connectivity index (χ0v) is 8.31. The molecule has 1 aromatic heterocycles. The van der Waals surface area contributed by atoms with Crippen molar-refractivity contribution in [3.8, 4) is 0 Å². The molecule has 6 heteroatoms. The van der Waals surface area contributed by atoms with Gasteiger partial charge in [0.15, 0.2) is 0 Å². The SMILES string of the molecule is CCCn1ncc(S(=O)(=O)F)c1C. The van der Waals surface area contributed by atoms with E-state index in [9.17, 15) is 12.3 Å². The summed E-state index contributed by atoms with van der Waals surface area (Å²) >= 11 is 0. The molecule has 0 aliphatic carbocycles. The fourth-order valence-electron chi connectivity index (χ4n) is 1.11. The summed E-state index contributed by atoms with van der Waals surface area (Å²) in [7, 11) is -4.61. The van der Waals surface area contributed by atoms with Crippen molar-refractivity contribution in [1.82, 2.24) is 9.78 Å². The molecule has 0 aromatic carbocycles. The molecule has 0 saturated heterocycles. The third kappa shape index (κ3) is 2.06. The van der Waals surface area contributed by atoms with Gasteiger partial charge < -0.3 is 0 Å². The molecule has 0 N–H and O–H groups in total. The zero-order valence-electron chi connectivity index (χ0n) is 7.49. The van der Waals surface area contributed by atoms with Crippen molar-refractivity contribution in [1.29, 1.82) is 0 Å². The van der Waals surface area contributed by atoms with E-state index in [1.807, 2.05) is 6.92 Å². The van der Waals surface area contributed by atoms with Crippen molar-refractivity contribution in [3.63, 3.8) is 0 Å². The first kappa shape index (κ1) is 10.2. The summed E-state index contributed by atoms with van der Waals surface area (Å²) in [6, 6.07) is 0. The number of nitrogens with zero attached hydrogens (tertiary/aromatic N) is 2. The molecule has 0 spiro atoms. The topological polar surface area (TPSA) is 52.0 Å². The van der Waals surface area contributed by atoms with Crippen LogP contribution >= 0.6 is 0 Å². The van der Waals surface area contributed by atoms with Crippen LogP contribution in [-0.4, -0.2) is 18.2 Å². The largest absolute Gasteiger partial charge is 0.335 e. The number of halogens is 1. The lowest BCUT2D eigenvalue weighted by atomic mass is 10.4. The lowest BCUT2D eigenvalue weighted by molar-refractivity contribution is 0.548. The molecule has 13 heavy (non-hydrogen) atoms. The highest BCUT2D eigenvalue weighted by atomic mass is 32.3. The molecule has 1 aromatic rings. The van der Waals surface area contributed by atoms with Gasteiger partial charge >= 0.3 is 10.2 Å². The third-order valence-electron chi connectivity index (χ3n) is 1.76. The van der Waals surface area contributed by atoms with Crippen LogP contribution in [0.3, 0.4) is 0 Å². The van der Waals surface area contributed by atoms with Gasteiger partial charge in [0.25, 0.3) is 0 Å². The van der Waals surface area contributed by atoms with Crippen LogP contribution in [0.25, 0.3) is 0 Å². The fraction of sp³-hybridized carbons (Fsp3) is 0.571. The van der Waals surface area contributed by atoms with Gasteiger partial charge in [-0.2, -0.15) is 13.5 Å². The summed E-state index contributed by atoms with van der Waals surface area (Å²) in [4.78, 5) is -0.332. The number of hydrogen-bond donors (Lipinski definition) is 0. The van der Waals surface area contributed by atoms with E-state index in [0.29, 0.717) is 12.2 Å². The molecule has 0 fully saturated rings. The van der Waals surface area contributed by atoms with Crippen molar-refractivity contribution >= 4 is 10.2 Å². The van der Waals surface area contributed by atoms with Crippen molar-refractivity contribution in [2.75, 3.05) is 0 Å². The summed E-state index contributed by atoms with van der Waals surface area (Å²) in [6.07, 6.45) is 1.87. The first-order valence-corrected chi connectivity index (χ1v) is 5.32. The molecule has 0 radical (unpaired) electrons. The average molecular weight is 206 g/mol. The maximum atomic E-state index is 12.6. The maximum absolute atomic E-state index is 12.6. The Kier molecular flexibility index (Phi) is 2.70. The minimum absolute atomic E-state index is 0.332. The van der Waals surface area contributed by atoms with Crippen LogP contribution in [0.2, 0.25) is 0 Å². The molecule has 0 unspecified atom stereocenters. The van der Waals surface area contributed by atoms with E-state index < -0.39 is 10.2 Å². The molecule has 1 heterocycles. The predicted molar refractivity (Wildman–Crippen MR) is 45.5 cm³/mol. The molecule has 4 nitrogen and oxygen atoms in total. The molecule has 1 rings (SSSR count). The highest BCUT2D eigenvalue weighted by Gasteiger charge is 2.18. The number of aromatic nitrogens is 2. The number of hydrogen-bond acceptors (Lipinski definition) is 3. The molecule has 0 aliphatic rings. The van der Waals surface area contributed by atoms with Crippen molar-refractivity contribution in [3.05, 3.63) is 11.9 Å². The highest BCUT2D eigenvalue weighted by molar-refractivity contribution is 7.86. The van der Waals surface area contributed by atoms with Gasteiger partial charge in [-0.15, -0.1) is 3.89 Å². The number of rotatable bonds is 3. The monoisotopic (exact) mass is 206 g/mol. The Morgan fingerprint density at radius 2 is 2.23 bits per heavy atom. The second-order valence-electron chi connectivity index (χ2n) is 2.76. The quantitative estimate of drug-likeness (QED) is 0.699. The summed E-state index contributed by atoms with van der Waals surface area (Å²) in [6.45, 7) is 4.07. The van der Waals surface area contributed by atoms with Gasteiger partial charge in [-0.05, 0) is 13.3 Å². The summed E-state index contributed by atoms with van der Waals surface area (Å²) in [5.41, 5.74) is 0.351. The minimum atomic E-state index is -4.61. The Labute approximate surface area is 76.6 Å². The summed E-state index contributed by atoms with van der Waals surface area (Å²) < 4.78 is 35.1. The minimum Gasteiger partial charge on any atom is -0.268 e. The van der Waals surface area contributed by atoms with Crippen molar-refractivity contribution in [2.24, 2.45) is 0 Å². The standard InChI is InChI=1S/C7H11FN2O2S/c1-3-4-10-6(2)7(5-9-10)13(8,11)12/h5H,3-4H2,1-2H3. The van der Waals surface area contributed by atoms with Crippen LogP contribution in [0, 0.1) is 6.92 Å². The van der Waals surface area contributed by atoms with Crippen LogP contribution in [0.5, 0.6) is 0 Å². The van der Waals surface area contributed by atoms with Gasteiger partial charge in [0.2, 0.25) is 0 Å². The van der Waals surface area contributed by atoms with Crippen molar-refractivity contribution in [2.45, 2.75) is 31.7 Å². The van der Waals surface area contributed by atoms with Crippen LogP contribution in [0.4, 0.5) is 3.89 Å². The van der Waals surface area contributed by atoms with Crippen LogP contribution in [0.1, 0.15) is 19.0 Å². The molecule has 0 bridgehead atoms. The normalized spacial score (nSPS) is 11.9. The van der Waals surface area contributed by atoms with E-state index in [2.05, 4.69) is 5.10 Å².